The number of fused-ring (bicyclic) bond motifs is 1. The van der Waals surface area contributed by atoms with Crippen LogP contribution in [0.1, 0.15) is 24.4 Å². The van der Waals surface area contributed by atoms with E-state index in [-0.39, 0.29) is 11.5 Å². The van der Waals surface area contributed by atoms with Crippen LogP contribution in [0.5, 0.6) is 0 Å². The Morgan fingerprint density at radius 1 is 1.38 bits per heavy atom. The van der Waals surface area contributed by atoms with Gasteiger partial charge in [-0.2, -0.15) is 5.26 Å². The summed E-state index contributed by atoms with van der Waals surface area (Å²) in [6, 6.07) is 10.5. The molecule has 1 aliphatic carbocycles. The van der Waals surface area contributed by atoms with Crippen molar-refractivity contribution < 1.29 is 0 Å². The van der Waals surface area contributed by atoms with Gasteiger partial charge in [-0.05, 0) is 35.2 Å². The summed E-state index contributed by atoms with van der Waals surface area (Å²) in [6.07, 6.45) is 1.88. The van der Waals surface area contributed by atoms with Gasteiger partial charge in [0.25, 0.3) is 0 Å². The Balaban J connectivity index is 2.10. The fourth-order valence-electron chi connectivity index (χ4n) is 2.16. The van der Waals surface area contributed by atoms with Crippen molar-refractivity contribution in [3.8, 4) is 6.07 Å². The molecule has 2 N–H and O–H groups in total. The summed E-state index contributed by atoms with van der Waals surface area (Å²) in [6.45, 7) is 0. The van der Waals surface area contributed by atoms with E-state index in [1.54, 1.807) is 11.3 Å². The summed E-state index contributed by atoms with van der Waals surface area (Å²) in [5.74, 6) is 0. The van der Waals surface area contributed by atoms with Gasteiger partial charge in [0.1, 0.15) is 0 Å². The van der Waals surface area contributed by atoms with E-state index in [1.165, 1.54) is 10.1 Å². The molecule has 0 aliphatic heterocycles. The average molecular weight is 228 g/mol. The molecule has 2 aromatic rings. The van der Waals surface area contributed by atoms with E-state index < -0.39 is 0 Å². The van der Waals surface area contributed by atoms with Crippen LogP contribution in [-0.4, -0.2) is 0 Å². The van der Waals surface area contributed by atoms with Crippen molar-refractivity contribution in [2.24, 2.45) is 11.1 Å². The summed E-state index contributed by atoms with van der Waals surface area (Å²) < 4.78 is 1.25. The normalized spacial score (nSPS) is 19.2. The Morgan fingerprint density at radius 3 is 2.81 bits per heavy atom. The van der Waals surface area contributed by atoms with Crippen molar-refractivity contribution in [1.29, 1.82) is 5.26 Å². The van der Waals surface area contributed by atoms with Crippen LogP contribution in [0.4, 0.5) is 0 Å². The summed E-state index contributed by atoms with van der Waals surface area (Å²) in [5.41, 5.74) is 7.09. The number of thiophene rings is 1. The van der Waals surface area contributed by atoms with E-state index in [0.717, 1.165) is 18.4 Å². The van der Waals surface area contributed by atoms with Crippen LogP contribution in [0.15, 0.2) is 29.6 Å². The van der Waals surface area contributed by atoms with Crippen LogP contribution in [0, 0.1) is 16.7 Å². The zero-order valence-corrected chi connectivity index (χ0v) is 9.63. The predicted octanol–water partition coefficient (Wildman–Crippen LogP) is 3.20. The molecule has 0 radical (unpaired) electrons. The molecular formula is C13H12N2S. The van der Waals surface area contributed by atoms with E-state index in [0.29, 0.717) is 0 Å². The zero-order chi connectivity index (χ0) is 11.2. The second-order valence-electron chi connectivity index (χ2n) is 4.43. The lowest BCUT2D eigenvalue weighted by Crippen LogP contribution is -2.20. The molecule has 80 valence electrons. The van der Waals surface area contributed by atoms with Crippen molar-refractivity contribution in [1.82, 2.24) is 0 Å². The van der Waals surface area contributed by atoms with Crippen molar-refractivity contribution in [2.45, 2.75) is 18.9 Å². The smallest absolute Gasteiger partial charge is 0.0767 e. The molecule has 1 atom stereocenters. The molecule has 0 saturated heterocycles. The van der Waals surface area contributed by atoms with E-state index in [9.17, 15) is 5.26 Å². The van der Waals surface area contributed by atoms with Gasteiger partial charge in [0, 0.05) is 10.7 Å². The van der Waals surface area contributed by atoms with E-state index in [1.807, 2.05) is 12.1 Å². The Morgan fingerprint density at radius 2 is 2.12 bits per heavy atom. The van der Waals surface area contributed by atoms with Crippen molar-refractivity contribution in [3.63, 3.8) is 0 Å². The first-order valence-electron chi connectivity index (χ1n) is 5.40. The number of hydrogen-bond donors (Lipinski definition) is 1. The zero-order valence-electron chi connectivity index (χ0n) is 8.81. The molecule has 1 aromatic heterocycles. The highest BCUT2D eigenvalue weighted by Crippen LogP contribution is 2.54. The molecule has 16 heavy (non-hydrogen) atoms. The maximum atomic E-state index is 9.17. The molecule has 3 rings (SSSR count). The van der Waals surface area contributed by atoms with E-state index in [4.69, 9.17) is 5.73 Å². The van der Waals surface area contributed by atoms with Gasteiger partial charge in [0.15, 0.2) is 0 Å². The van der Waals surface area contributed by atoms with Crippen LogP contribution in [0.3, 0.4) is 0 Å². The highest BCUT2D eigenvalue weighted by atomic mass is 32.1. The van der Waals surface area contributed by atoms with Crippen molar-refractivity contribution in [3.05, 3.63) is 35.2 Å². The average Bonchev–Trinajstić information content (AvgIpc) is 3.02. The number of nitrogens with zero attached hydrogens (tertiary/aromatic N) is 1. The van der Waals surface area contributed by atoms with Crippen LogP contribution < -0.4 is 5.73 Å². The largest absolute Gasteiger partial charge is 0.323 e. The van der Waals surface area contributed by atoms with Crippen LogP contribution in [0.25, 0.3) is 10.1 Å². The molecule has 1 aromatic carbocycles. The minimum Gasteiger partial charge on any atom is -0.323 e. The number of nitrogens with two attached hydrogens (primary N) is 1. The molecule has 0 amide bonds. The first kappa shape index (κ1) is 9.83. The van der Waals surface area contributed by atoms with Crippen LogP contribution >= 0.6 is 11.3 Å². The molecule has 0 spiro atoms. The van der Waals surface area contributed by atoms with Crippen LogP contribution in [0.2, 0.25) is 0 Å². The second-order valence-corrected chi connectivity index (χ2v) is 5.34. The summed E-state index contributed by atoms with van der Waals surface area (Å²) in [7, 11) is 0. The Bertz CT molecular complexity index is 575. The van der Waals surface area contributed by atoms with Gasteiger partial charge in [-0.15, -0.1) is 11.3 Å². The number of benzene rings is 1. The van der Waals surface area contributed by atoms with Gasteiger partial charge < -0.3 is 5.73 Å². The van der Waals surface area contributed by atoms with Crippen molar-refractivity contribution >= 4 is 21.4 Å². The van der Waals surface area contributed by atoms with Gasteiger partial charge in [-0.25, -0.2) is 0 Å². The highest BCUT2D eigenvalue weighted by Gasteiger charge is 2.49. The molecule has 2 nitrogen and oxygen atoms in total. The Kier molecular flexibility index (Phi) is 2.03. The monoisotopic (exact) mass is 228 g/mol. The molecule has 0 bridgehead atoms. The number of rotatable bonds is 2. The highest BCUT2D eigenvalue weighted by molar-refractivity contribution is 7.17. The van der Waals surface area contributed by atoms with Crippen molar-refractivity contribution in [2.75, 3.05) is 0 Å². The van der Waals surface area contributed by atoms with Gasteiger partial charge in [0.05, 0.1) is 11.5 Å². The third-order valence-electron chi connectivity index (χ3n) is 3.45. The van der Waals surface area contributed by atoms with Gasteiger partial charge in [-0.1, -0.05) is 18.2 Å². The fourth-order valence-corrected chi connectivity index (χ4v) is 3.16. The number of hydrogen-bond acceptors (Lipinski definition) is 3. The first-order valence-corrected chi connectivity index (χ1v) is 6.28. The molecular weight excluding hydrogens is 216 g/mol. The third-order valence-corrected chi connectivity index (χ3v) is 4.43. The molecule has 1 unspecified atom stereocenters. The minimum absolute atomic E-state index is 0.131. The maximum Gasteiger partial charge on any atom is 0.0767 e. The third kappa shape index (κ3) is 1.27. The lowest BCUT2D eigenvalue weighted by atomic mass is 9.92. The van der Waals surface area contributed by atoms with Gasteiger partial charge in [-0.3, -0.25) is 0 Å². The number of nitriles is 1. The predicted molar refractivity (Wildman–Crippen MR) is 66.0 cm³/mol. The topological polar surface area (TPSA) is 49.8 Å². The lowest BCUT2D eigenvalue weighted by molar-refractivity contribution is 0.524. The molecule has 1 fully saturated rings. The van der Waals surface area contributed by atoms with Gasteiger partial charge in [0.2, 0.25) is 0 Å². The summed E-state index contributed by atoms with van der Waals surface area (Å²) in [5, 5.41) is 12.5. The minimum atomic E-state index is -0.288. The summed E-state index contributed by atoms with van der Waals surface area (Å²) in [4.78, 5) is 0. The van der Waals surface area contributed by atoms with Gasteiger partial charge >= 0.3 is 0 Å². The molecule has 3 heteroatoms. The van der Waals surface area contributed by atoms with Crippen LogP contribution in [-0.2, 0) is 0 Å². The SMILES string of the molecule is N#CC1(C(N)c2csc3ccccc23)CC1. The lowest BCUT2D eigenvalue weighted by Gasteiger charge is -2.15. The Hall–Kier alpha value is -1.37. The van der Waals surface area contributed by atoms with E-state index >= 15 is 0 Å². The second kappa shape index (κ2) is 3.31. The molecule has 1 saturated carbocycles. The quantitative estimate of drug-likeness (QED) is 0.858. The summed E-state index contributed by atoms with van der Waals surface area (Å²) >= 11 is 1.71. The fraction of sp³-hybridized carbons (Fsp3) is 0.308. The Labute approximate surface area is 98.3 Å². The maximum absolute atomic E-state index is 9.17. The molecule has 1 aliphatic rings. The van der Waals surface area contributed by atoms with E-state index in [2.05, 4.69) is 23.6 Å². The first-order chi connectivity index (χ1) is 7.77. The standard InChI is InChI=1S/C13H12N2S/c14-8-13(5-6-13)12(15)10-7-16-11-4-2-1-3-9(10)11/h1-4,7,12H,5-6,15H2. The molecule has 1 heterocycles.